The fraction of sp³-hybridized carbons (Fsp3) is 0.385. The van der Waals surface area contributed by atoms with Crippen LogP contribution in [0.25, 0.3) is 0 Å². The number of urea groups is 1. The predicted octanol–water partition coefficient (Wildman–Crippen LogP) is 0.0699. The van der Waals surface area contributed by atoms with E-state index in [-0.39, 0.29) is 19.4 Å². The molecule has 2 aliphatic rings. The zero-order valence-corrected chi connectivity index (χ0v) is 14.2. The second kappa shape index (κ2) is 6.79. The highest BCUT2D eigenvalue weighted by atomic mass is 32.3. The Labute approximate surface area is 151 Å². The van der Waals surface area contributed by atoms with Crippen molar-refractivity contribution >= 4 is 28.2 Å². The Morgan fingerprint density at radius 2 is 2.11 bits per heavy atom. The van der Waals surface area contributed by atoms with Crippen LogP contribution in [0, 0.1) is 17.0 Å². The Balaban J connectivity index is 1.71. The van der Waals surface area contributed by atoms with Crippen molar-refractivity contribution in [3.63, 3.8) is 0 Å². The van der Waals surface area contributed by atoms with Gasteiger partial charge in [-0.2, -0.15) is 13.5 Å². The van der Waals surface area contributed by atoms with Crippen LogP contribution in [-0.4, -0.2) is 64.3 Å². The molecule has 14 heteroatoms. The summed E-state index contributed by atoms with van der Waals surface area (Å²) in [6.45, 7) is 0.000426. The number of nitrogens with zero attached hydrogens (tertiary/aromatic N) is 3. The summed E-state index contributed by atoms with van der Waals surface area (Å²) in [5.41, 5.74) is -0.723. The van der Waals surface area contributed by atoms with Crippen LogP contribution >= 0.6 is 0 Å². The monoisotopic (exact) mass is 405 g/mol. The standard InChI is InChI=1S/C13H13F2N5O6S/c14-6-3-8(15)10(17-4-6)12(21)18-11(16)9-2-1-7-5-19(9)13(22)20(7)26-27(23,24)25/h3-4,7,9H,1-2,5H2,(H2,16,18,21)(H,23,24,25). The van der Waals surface area contributed by atoms with E-state index in [4.69, 9.17) is 9.96 Å². The van der Waals surface area contributed by atoms with E-state index in [0.717, 1.165) is 4.90 Å². The highest BCUT2D eigenvalue weighted by Gasteiger charge is 2.48. The molecule has 3 amide bonds. The zero-order chi connectivity index (χ0) is 19.9. The van der Waals surface area contributed by atoms with Gasteiger partial charge in [-0.15, -0.1) is 4.28 Å². The van der Waals surface area contributed by atoms with E-state index < -0.39 is 57.6 Å². The molecule has 2 atom stereocenters. The molecular formula is C13H13F2N5O6S. The lowest BCUT2D eigenvalue weighted by Gasteiger charge is -2.30. The third-order valence-electron chi connectivity index (χ3n) is 4.10. The van der Waals surface area contributed by atoms with Gasteiger partial charge in [-0.1, -0.05) is 0 Å². The second-order valence-corrected chi connectivity index (χ2v) is 6.87. The fourth-order valence-corrected chi connectivity index (χ4v) is 3.37. The fourth-order valence-electron chi connectivity index (χ4n) is 2.98. The molecule has 0 saturated carbocycles. The number of hydrogen-bond donors (Lipinski definition) is 3. The average molecular weight is 405 g/mol. The molecule has 2 bridgehead atoms. The number of piperidine rings is 1. The smallest absolute Gasteiger partial charge is 0.310 e. The van der Waals surface area contributed by atoms with Crippen molar-refractivity contribution in [2.24, 2.45) is 0 Å². The van der Waals surface area contributed by atoms with Crippen LogP contribution in [0.15, 0.2) is 12.3 Å². The normalized spacial score (nSPS) is 22.1. The minimum atomic E-state index is -4.91. The maximum Gasteiger partial charge on any atom is 0.418 e. The minimum absolute atomic E-state index is 0.000426. The van der Waals surface area contributed by atoms with Gasteiger partial charge in [0.1, 0.15) is 11.7 Å². The Morgan fingerprint density at radius 1 is 1.41 bits per heavy atom. The lowest BCUT2D eigenvalue weighted by atomic mass is 10.00. The van der Waals surface area contributed by atoms with Crippen molar-refractivity contribution in [3.05, 3.63) is 29.6 Å². The number of halogens is 2. The summed E-state index contributed by atoms with van der Waals surface area (Å²) >= 11 is 0. The third kappa shape index (κ3) is 3.86. The summed E-state index contributed by atoms with van der Waals surface area (Å²) in [5, 5.41) is 10.6. The second-order valence-electron chi connectivity index (χ2n) is 5.86. The molecule has 2 aliphatic heterocycles. The minimum Gasteiger partial charge on any atom is -0.310 e. The number of nitrogens with one attached hydrogen (secondary N) is 2. The first-order valence-corrected chi connectivity index (χ1v) is 8.91. The first-order chi connectivity index (χ1) is 12.6. The van der Waals surface area contributed by atoms with Crippen LogP contribution in [0.1, 0.15) is 23.3 Å². The first-order valence-electron chi connectivity index (χ1n) is 7.54. The molecule has 0 aliphatic carbocycles. The SMILES string of the molecule is N=C(NC(=O)c1ncc(F)cc1F)C1CCC2CN1C(=O)N2OS(=O)(=O)O. The molecule has 11 nitrogen and oxygen atoms in total. The van der Waals surface area contributed by atoms with Gasteiger partial charge in [0.15, 0.2) is 11.5 Å². The molecule has 146 valence electrons. The Bertz CT molecular complexity index is 926. The van der Waals surface area contributed by atoms with Crippen molar-refractivity contribution in [3.8, 4) is 0 Å². The summed E-state index contributed by atoms with van der Waals surface area (Å²) in [6, 6.07) is -2.04. The van der Waals surface area contributed by atoms with Gasteiger partial charge in [-0.05, 0) is 12.8 Å². The number of fused-ring (bicyclic) bond motifs is 2. The molecule has 3 heterocycles. The lowest BCUT2D eigenvalue weighted by Crippen LogP contribution is -2.51. The maximum atomic E-state index is 13.6. The molecule has 2 unspecified atom stereocenters. The molecule has 0 radical (unpaired) electrons. The molecule has 27 heavy (non-hydrogen) atoms. The van der Waals surface area contributed by atoms with Crippen molar-refractivity contribution in [2.75, 3.05) is 6.54 Å². The van der Waals surface area contributed by atoms with Crippen LogP contribution < -0.4 is 5.32 Å². The van der Waals surface area contributed by atoms with Gasteiger partial charge in [0, 0.05) is 12.6 Å². The van der Waals surface area contributed by atoms with E-state index in [9.17, 15) is 26.8 Å². The number of amidine groups is 1. The molecule has 1 aromatic heterocycles. The Hall–Kier alpha value is -2.71. The molecule has 3 N–H and O–H groups in total. The van der Waals surface area contributed by atoms with E-state index in [1.165, 1.54) is 0 Å². The van der Waals surface area contributed by atoms with E-state index in [1.54, 1.807) is 0 Å². The molecule has 2 saturated heterocycles. The number of hydroxylamine groups is 2. The summed E-state index contributed by atoms with van der Waals surface area (Å²) in [7, 11) is -4.91. The van der Waals surface area contributed by atoms with E-state index in [2.05, 4.69) is 14.6 Å². The molecule has 2 fully saturated rings. The van der Waals surface area contributed by atoms with Gasteiger partial charge in [-0.3, -0.25) is 14.8 Å². The third-order valence-corrected chi connectivity index (χ3v) is 4.45. The van der Waals surface area contributed by atoms with Crippen LogP contribution in [0.2, 0.25) is 0 Å². The maximum absolute atomic E-state index is 13.6. The summed E-state index contributed by atoms with van der Waals surface area (Å²) in [4.78, 5) is 28.7. The van der Waals surface area contributed by atoms with Crippen LogP contribution in [0.3, 0.4) is 0 Å². The van der Waals surface area contributed by atoms with E-state index in [1.807, 2.05) is 0 Å². The molecule has 3 rings (SSSR count). The zero-order valence-electron chi connectivity index (χ0n) is 13.4. The van der Waals surface area contributed by atoms with Gasteiger partial charge < -0.3 is 10.2 Å². The van der Waals surface area contributed by atoms with Gasteiger partial charge >= 0.3 is 16.4 Å². The van der Waals surface area contributed by atoms with Gasteiger partial charge in [0.25, 0.3) is 5.91 Å². The van der Waals surface area contributed by atoms with E-state index in [0.29, 0.717) is 17.3 Å². The van der Waals surface area contributed by atoms with Gasteiger partial charge in [0.05, 0.1) is 18.3 Å². The topological polar surface area (TPSA) is 153 Å². The highest BCUT2D eigenvalue weighted by Crippen LogP contribution is 2.30. The van der Waals surface area contributed by atoms with E-state index >= 15 is 0 Å². The quantitative estimate of drug-likeness (QED) is 0.364. The van der Waals surface area contributed by atoms with Crippen molar-refractivity contribution < 1.29 is 35.6 Å². The number of carbonyl (C=O) groups excluding carboxylic acids is 2. The molecular weight excluding hydrogens is 392 g/mol. The summed E-state index contributed by atoms with van der Waals surface area (Å²) < 4.78 is 61.2. The van der Waals surface area contributed by atoms with Crippen molar-refractivity contribution in [2.45, 2.75) is 24.9 Å². The first kappa shape index (κ1) is 19.1. The number of hydrogen-bond acceptors (Lipinski definition) is 7. The number of pyridine rings is 1. The molecule has 0 aromatic carbocycles. The van der Waals surface area contributed by atoms with Crippen LogP contribution in [-0.2, 0) is 14.7 Å². The Morgan fingerprint density at radius 3 is 2.74 bits per heavy atom. The highest BCUT2D eigenvalue weighted by molar-refractivity contribution is 7.80. The number of carbonyl (C=O) groups is 2. The number of aromatic nitrogens is 1. The number of amides is 3. The lowest BCUT2D eigenvalue weighted by molar-refractivity contribution is -0.0316. The van der Waals surface area contributed by atoms with Crippen LogP contribution in [0.4, 0.5) is 13.6 Å². The van der Waals surface area contributed by atoms with Crippen LogP contribution in [0.5, 0.6) is 0 Å². The molecule has 0 spiro atoms. The number of rotatable bonds is 4. The predicted molar refractivity (Wildman–Crippen MR) is 82.7 cm³/mol. The largest absolute Gasteiger partial charge is 0.418 e. The van der Waals surface area contributed by atoms with Gasteiger partial charge in [0.2, 0.25) is 0 Å². The van der Waals surface area contributed by atoms with Crippen molar-refractivity contribution in [1.82, 2.24) is 20.3 Å². The van der Waals surface area contributed by atoms with Crippen molar-refractivity contribution in [1.29, 1.82) is 5.41 Å². The Kier molecular flexibility index (Phi) is 4.79. The molecule has 1 aromatic rings. The van der Waals surface area contributed by atoms with Gasteiger partial charge in [-0.25, -0.2) is 18.6 Å². The average Bonchev–Trinajstić information content (AvgIpc) is 2.78. The summed E-state index contributed by atoms with van der Waals surface area (Å²) in [5.74, 6) is -3.74. The summed E-state index contributed by atoms with van der Waals surface area (Å²) in [6.07, 6.45) is 1.05.